The molecule has 0 amide bonds. The van der Waals surface area contributed by atoms with Crippen molar-refractivity contribution in [3.8, 4) is 0 Å². The van der Waals surface area contributed by atoms with Gasteiger partial charge in [-0.25, -0.2) is 0 Å². The van der Waals surface area contributed by atoms with E-state index in [0.717, 1.165) is 19.3 Å². The third-order valence-corrected chi connectivity index (χ3v) is 2.74. The van der Waals surface area contributed by atoms with Gasteiger partial charge >= 0.3 is 5.97 Å². The van der Waals surface area contributed by atoms with Crippen LogP contribution < -0.4 is 0 Å². The van der Waals surface area contributed by atoms with Crippen LogP contribution in [0.5, 0.6) is 0 Å². The van der Waals surface area contributed by atoms with Crippen molar-refractivity contribution in [2.24, 2.45) is 17.3 Å². The molecule has 1 fully saturated rings. The molecule has 0 unspecified atom stereocenters. The lowest BCUT2D eigenvalue weighted by Crippen LogP contribution is -2.31. The minimum atomic E-state index is -0.616. The van der Waals surface area contributed by atoms with Crippen LogP contribution in [0.15, 0.2) is 0 Å². The Bertz CT molecular complexity index is 184. The zero-order chi connectivity index (χ0) is 9.35. The summed E-state index contributed by atoms with van der Waals surface area (Å²) in [6.07, 6.45) is 2.86. The number of carboxylic acid groups (broad SMARTS) is 1. The zero-order valence-corrected chi connectivity index (χ0v) is 8.13. The lowest BCUT2D eigenvalue weighted by Gasteiger charge is -2.37. The van der Waals surface area contributed by atoms with E-state index in [1.807, 2.05) is 0 Å². The van der Waals surface area contributed by atoms with E-state index in [4.69, 9.17) is 5.11 Å². The molecule has 0 heterocycles. The SMILES string of the molecule is C[C@H]1C[C@@H](C(=O)O)CC(C)(C)C1. The van der Waals surface area contributed by atoms with E-state index in [-0.39, 0.29) is 11.3 Å². The summed E-state index contributed by atoms with van der Waals surface area (Å²) in [4.78, 5) is 10.8. The highest BCUT2D eigenvalue weighted by molar-refractivity contribution is 5.70. The van der Waals surface area contributed by atoms with Crippen molar-refractivity contribution in [1.29, 1.82) is 0 Å². The molecule has 1 saturated carbocycles. The molecule has 0 aromatic heterocycles. The number of aliphatic carboxylic acids is 1. The molecule has 0 aromatic carbocycles. The minimum Gasteiger partial charge on any atom is -0.481 e. The lowest BCUT2D eigenvalue weighted by atomic mass is 9.68. The smallest absolute Gasteiger partial charge is 0.306 e. The Morgan fingerprint density at radius 1 is 1.42 bits per heavy atom. The topological polar surface area (TPSA) is 37.3 Å². The summed E-state index contributed by atoms with van der Waals surface area (Å²) >= 11 is 0. The summed E-state index contributed by atoms with van der Waals surface area (Å²) in [5.41, 5.74) is 0.223. The van der Waals surface area contributed by atoms with Gasteiger partial charge in [0.05, 0.1) is 5.92 Å². The van der Waals surface area contributed by atoms with Gasteiger partial charge in [0.1, 0.15) is 0 Å². The second kappa shape index (κ2) is 3.08. The molecule has 1 aliphatic rings. The maximum absolute atomic E-state index is 10.8. The first kappa shape index (κ1) is 9.56. The molecule has 0 aromatic rings. The third kappa shape index (κ3) is 2.23. The van der Waals surface area contributed by atoms with Crippen molar-refractivity contribution < 1.29 is 9.90 Å². The molecule has 0 aliphatic heterocycles. The monoisotopic (exact) mass is 170 g/mol. The number of hydrogen-bond donors (Lipinski definition) is 1. The van der Waals surface area contributed by atoms with Crippen LogP contribution in [-0.2, 0) is 4.79 Å². The summed E-state index contributed by atoms with van der Waals surface area (Å²) in [5, 5.41) is 8.89. The van der Waals surface area contributed by atoms with Crippen LogP contribution in [0.2, 0.25) is 0 Å². The van der Waals surface area contributed by atoms with Gasteiger partial charge in [0.25, 0.3) is 0 Å². The predicted octanol–water partition coefficient (Wildman–Crippen LogP) is 2.53. The maximum atomic E-state index is 10.8. The first-order valence-electron chi connectivity index (χ1n) is 4.63. The van der Waals surface area contributed by atoms with Gasteiger partial charge in [-0.05, 0) is 30.6 Å². The molecule has 2 atom stereocenters. The molecule has 0 radical (unpaired) electrons. The fourth-order valence-corrected chi connectivity index (χ4v) is 2.53. The van der Waals surface area contributed by atoms with Gasteiger partial charge in [0, 0.05) is 0 Å². The van der Waals surface area contributed by atoms with Crippen LogP contribution in [0.1, 0.15) is 40.0 Å². The summed E-state index contributed by atoms with van der Waals surface area (Å²) in [7, 11) is 0. The fourth-order valence-electron chi connectivity index (χ4n) is 2.53. The van der Waals surface area contributed by atoms with E-state index in [1.165, 1.54) is 0 Å². The molecular weight excluding hydrogens is 152 g/mol. The Labute approximate surface area is 74.0 Å². The lowest BCUT2D eigenvalue weighted by molar-refractivity contribution is -0.145. The van der Waals surface area contributed by atoms with Crippen molar-refractivity contribution in [3.63, 3.8) is 0 Å². The summed E-state index contributed by atoms with van der Waals surface area (Å²) in [5.74, 6) is -0.159. The average molecular weight is 170 g/mol. The summed E-state index contributed by atoms with van der Waals surface area (Å²) < 4.78 is 0. The van der Waals surface area contributed by atoms with Crippen molar-refractivity contribution in [1.82, 2.24) is 0 Å². The third-order valence-electron chi connectivity index (χ3n) is 2.74. The molecule has 0 saturated heterocycles. The molecule has 2 nitrogen and oxygen atoms in total. The molecule has 0 spiro atoms. The molecule has 1 rings (SSSR count). The predicted molar refractivity (Wildman–Crippen MR) is 47.9 cm³/mol. The van der Waals surface area contributed by atoms with Crippen molar-refractivity contribution in [3.05, 3.63) is 0 Å². The van der Waals surface area contributed by atoms with Crippen molar-refractivity contribution >= 4 is 5.97 Å². The number of rotatable bonds is 1. The van der Waals surface area contributed by atoms with Gasteiger partial charge < -0.3 is 5.11 Å². The van der Waals surface area contributed by atoms with Crippen LogP contribution in [0.4, 0.5) is 0 Å². The molecule has 70 valence electrons. The van der Waals surface area contributed by atoms with Crippen LogP contribution in [0.25, 0.3) is 0 Å². The fraction of sp³-hybridized carbons (Fsp3) is 0.900. The minimum absolute atomic E-state index is 0.108. The largest absolute Gasteiger partial charge is 0.481 e. The van der Waals surface area contributed by atoms with E-state index in [1.54, 1.807) is 0 Å². The molecule has 2 heteroatoms. The Morgan fingerprint density at radius 3 is 2.42 bits per heavy atom. The number of carboxylic acids is 1. The van der Waals surface area contributed by atoms with Crippen molar-refractivity contribution in [2.45, 2.75) is 40.0 Å². The molecule has 12 heavy (non-hydrogen) atoms. The van der Waals surface area contributed by atoms with E-state index in [2.05, 4.69) is 20.8 Å². The van der Waals surface area contributed by atoms with Crippen LogP contribution in [0, 0.1) is 17.3 Å². The van der Waals surface area contributed by atoms with Crippen LogP contribution >= 0.6 is 0 Å². The van der Waals surface area contributed by atoms with E-state index < -0.39 is 5.97 Å². The number of carbonyl (C=O) groups is 1. The Balaban J connectivity index is 2.64. The standard InChI is InChI=1S/C10H18O2/c1-7-4-8(9(11)12)6-10(2,3)5-7/h7-8H,4-6H2,1-3H3,(H,11,12)/t7-,8+/m0/s1. The van der Waals surface area contributed by atoms with Gasteiger partial charge in [-0.1, -0.05) is 20.8 Å². The van der Waals surface area contributed by atoms with Gasteiger partial charge in [-0.2, -0.15) is 0 Å². The summed E-state index contributed by atoms with van der Waals surface area (Å²) in [6.45, 7) is 6.48. The maximum Gasteiger partial charge on any atom is 0.306 e. The van der Waals surface area contributed by atoms with E-state index in [0.29, 0.717) is 5.92 Å². The van der Waals surface area contributed by atoms with E-state index in [9.17, 15) is 4.79 Å². The Hall–Kier alpha value is -0.530. The molecule has 0 bridgehead atoms. The van der Waals surface area contributed by atoms with Crippen LogP contribution in [0.3, 0.4) is 0 Å². The second-order valence-electron chi connectivity index (χ2n) is 4.95. The van der Waals surface area contributed by atoms with Crippen molar-refractivity contribution in [2.75, 3.05) is 0 Å². The molecular formula is C10H18O2. The first-order valence-corrected chi connectivity index (χ1v) is 4.63. The van der Waals surface area contributed by atoms with Gasteiger partial charge in [-0.15, -0.1) is 0 Å². The highest BCUT2D eigenvalue weighted by Crippen LogP contribution is 2.41. The normalized spacial score (nSPS) is 34.6. The Morgan fingerprint density at radius 2 is 2.00 bits per heavy atom. The average Bonchev–Trinajstić information content (AvgIpc) is 1.82. The molecule has 1 aliphatic carbocycles. The Kier molecular flexibility index (Phi) is 2.45. The summed E-state index contributed by atoms with van der Waals surface area (Å²) in [6, 6.07) is 0. The second-order valence-corrected chi connectivity index (χ2v) is 4.95. The quantitative estimate of drug-likeness (QED) is 0.656. The molecule has 1 N–H and O–H groups in total. The number of hydrogen-bond acceptors (Lipinski definition) is 1. The van der Waals surface area contributed by atoms with Gasteiger partial charge in [0.15, 0.2) is 0 Å². The van der Waals surface area contributed by atoms with Crippen LogP contribution in [-0.4, -0.2) is 11.1 Å². The van der Waals surface area contributed by atoms with E-state index >= 15 is 0 Å². The highest BCUT2D eigenvalue weighted by Gasteiger charge is 2.35. The highest BCUT2D eigenvalue weighted by atomic mass is 16.4. The van der Waals surface area contributed by atoms with Gasteiger partial charge in [0.2, 0.25) is 0 Å². The zero-order valence-electron chi connectivity index (χ0n) is 8.13. The van der Waals surface area contributed by atoms with Gasteiger partial charge in [-0.3, -0.25) is 4.79 Å². The first-order chi connectivity index (χ1) is 5.41.